The first-order valence-electron chi connectivity index (χ1n) is 9.55. The minimum Gasteiger partial charge on any atom is -0.484 e. The highest BCUT2D eigenvalue weighted by Crippen LogP contribution is 2.28. The normalized spacial score (nSPS) is 14.8. The maximum Gasteiger partial charge on any atom is 0.260 e. The molecule has 0 aliphatic carbocycles. The molecule has 6 heteroatoms. The van der Waals surface area contributed by atoms with E-state index in [1.54, 1.807) is 0 Å². The summed E-state index contributed by atoms with van der Waals surface area (Å²) in [5.41, 5.74) is 2.12. The van der Waals surface area contributed by atoms with E-state index >= 15 is 0 Å². The number of amides is 1. The fraction of sp³-hybridized carbons (Fsp3) is 0.318. The second kappa shape index (κ2) is 8.25. The van der Waals surface area contributed by atoms with Crippen molar-refractivity contribution in [2.75, 3.05) is 19.7 Å². The van der Waals surface area contributed by atoms with Crippen LogP contribution in [0.1, 0.15) is 30.2 Å². The lowest BCUT2D eigenvalue weighted by molar-refractivity contribution is -0.134. The summed E-state index contributed by atoms with van der Waals surface area (Å²) in [5, 5.41) is 4.13. The lowest BCUT2D eigenvalue weighted by Gasteiger charge is -2.30. The minimum atomic E-state index is 0.00767. The largest absolute Gasteiger partial charge is 0.484 e. The van der Waals surface area contributed by atoms with Gasteiger partial charge in [-0.3, -0.25) is 4.79 Å². The molecule has 2 heterocycles. The molecule has 0 unspecified atom stereocenters. The molecule has 1 saturated heterocycles. The summed E-state index contributed by atoms with van der Waals surface area (Å²) in [6.45, 7) is 3.44. The highest BCUT2D eigenvalue weighted by molar-refractivity contribution is 5.77. The highest BCUT2D eigenvalue weighted by Gasteiger charge is 2.27. The molecular formula is C22H23N3O3. The van der Waals surface area contributed by atoms with E-state index in [4.69, 9.17) is 9.26 Å². The quantitative estimate of drug-likeness (QED) is 0.676. The minimum absolute atomic E-state index is 0.00767. The molecule has 3 aromatic rings. The Morgan fingerprint density at radius 2 is 1.93 bits per heavy atom. The Morgan fingerprint density at radius 3 is 2.68 bits per heavy atom. The van der Waals surface area contributed by atoms with E-state index in [-0.39, 0.29) is 18.4 Å². The van der Waals surface area contributed by atoms with Gasteiger partial charge < -0.3 is 14.2 Å². The van der Waals surface area contributed by atoms with Gasteiger partial charge in [-0.1, -0.05) is 47.1 Å². The highest BCUT2D eigenvalue weighted by atomic mass is 16.5. The van der Waals surface area contributed by atoms with E-state index in [9.17, 15) is 4.79 Å². The van der Waals surface area contributed by atoms with Crippen molar-refractivity contribution < 1.29 is 14.1 Å². The van der Waals surface area contributed by atoms with Crippen LogP contribution in [0.4, 0.5) is 0 Å². The number of ether oxygens (including phenoxy) is 1. The summed E-state index contributed by atoms with van der Waals surface area (Å²) < 4.78 is 11.1. The average Bonchev–Trinajstić information content (AvgIpc) is 3.23. The number of rotatable bonds is 5. The van der Waals surface area contributed by atoms with Crippen molar-refractivity contribution in [1.82, 2.24) is 15.0 Å². The molecular weight excluding hydrogens is 354 g/mol. The zero-order valence-corrected chi connectivity index (χ0v) is 15.9. The number of hydrogen-bond acceptors (Lipinski definition) is 5. The third-order valence-electron chi connectivity index (χ3n) is 5.02. The van der Waals surface area contributed by atoms with Crippen LogP contribution in [0.5, 0.6) is 5.75 Å². The van der Waals surface area contributed by atoms with Gasteiger partial charge in [0.25, 0.3) is 5.91 Å². The van der Waals surface area contributed by atoms with E-state index in [1.807, 2.05) is 66.4 Å². The van der Waals surface area contributed by atoms with E-state index < -0.39 is 0 Å². The molecule has 1 fully saturated rings. The van der Waals surface area contributed by atoms with Crippen molar-refractivity contribution in [3.8, 4) is 17.1 Å². The molecule has 2 aromatic carbocycles. The Morgan fingerprint density at radius 1 is 1.14 bits per heavy atom. The second-order valence-electron chi connectivity index (χ2n) is 7.08. The number of aryl methyl sites for hydroxylation is 1. The predicted octanol–water partition coefficient (Wildman–Crippen LogP) is 3.83. The predicted molar refractivity (Wildman–Crippen MR) is 105 cm³/mol. The summed E-state index contributed by atoms with van der Waals surface area (Å²) >= 11 is 0. The second-order valence-corrected chi connectivity index (χ2v) is 7.08. The standard InChI is InChI=1S/C22H23N3O3/c1-16-6-5-7-18(14-16)21-23-22(28-24-21)17-10-12-25(13-11-17)20(26)15-27-19-8-3-2-4-9-19/h2-9,14,17H,10-13,15H2,1H3. The topological polar surface area (TPSA) is 68.5 Å². The van der Waals surface area contributed by atoms with Gasteiger partial charge in [0.05, 0.1) is 0 Å². The maximum atomic E-state index is 12.4. The van der Waals surface area contributed by atoms with Crippen LogP contribution in [0.25, 0.3) is 11.4 Å². The molecule has 4 rings (SSSR count). The van der Waals surface area contributed by atoms with Crippen LogP contribution in [0.3, 0.4) is 0 Å². The molecule has 0 bridgehead atoms. The number of aromatic nitrogens is 2. The van der Waals surface area contributed by atoms with Crippen LogP contribution in [-0.4, -0.2) is 40.6 Å². The first kappa shape index (κ1) is 18.2. The zero-order valence-electron chi connectivity index (χ0n) is 15.9. The number of benzene rings is 2. The average molecular weight is 377 g/mol. The number of likely N-dealkylation sites (tertiary alicyclic amines) is 1. The van der Waals surface area contributed by atoms with Crippen molar-refractivity contribution in [3.05, 3.63) is 66.1 Å². The van der Waals surface area contributed by atoms with Gasteiger partial charge in [-0.2, -0.15) is 4.98 Å². The molecule has 1 aromatic heterocycles. The molecule has 0 radical (unpaired) electrons. The van der Waals surface area contributed by atoms with Gasteiger partial charge in [0.15, 0.2) is 6.61 Å². The Kier molecular flexibility index (Phi) is 5.37. The fourth-order valence-corrected chi connectivity index (χ4v) is 3.43. The number of piperidine rings is 1. The van der Waals surface area contributed by atoms with E-state index in [2.05, 4.69) is 10.1 Å². The number of nitrogens with zero attached hydrogens (tertiary/aromatic N) is 3. The van der Waals surface area contributed by atoms with Crippen LogP contribution in [0.2, 0.25) is 0 Å². The van der Waals surface area contributed by atoms with Crippen molar-refractivity contribution in [3.63, 3.8) is 0 Å². The van der Waals surface area contributed by atoms with Gasteiger partial charge in [0.2, 0.25) is 11.7 Å². The van der Waals surface area contributed by atoms with E-state index in [1.165, 1.54) is 0 Å². The van der Waals surface area contributed by atoms with Gasteiger partial charge in [0, 0.05) is 24.6 Å². The molecule has 0 spiro atoms. The van der Waals surface area contributed by atoms with Crippen molar-refractivity contribution >= 4 is 5.91 Å². The van der Waals surface area contributed by atoms with Crippen LogP contribution in [-0.2, 0) is 4.79 Å². The molecule has 6 nitrogen and oxygen atoms in total. The number of carbonyl (C=O) groups excluding carboxylic acids is 1. The van der Waals surface area contributed by atoms with Crippen LogP contribution in [0.15, 0.2) is 59.1 Å². The molecule has 1 aliphatic heterocycles. The number of para-hydroxylation sites is 1. The Hall–Kier alpha value is -3.15. The maximum absolute atomic E-state index is 12.4. The Bertz CT molecular complexity index is 931. The Balaban J connectivity index is 1.31. The summed E-state index contributed by atoms with van der Waals surface area (Å²) in [6.07, 6.45) is 1.62. The molecule has 28 heavy (non-hydrogen) atoms. The smallest absolute Gasteiger partial charge is 0.260 e. The fourth-order valence-electron chi connectivity index (χ4n) is 3.43. The first-order valence-corrected chi connectivity index (χ1v) is 9.55. The van der Waals surface area contributed by atoms with Gasteiger partial charge >= 0.3 is 0 Å². The van der Waals surface area contributed by atoms with Crippen molar-refractivity contribution in [2.24, 2.45) is 0 Å². The summed E-state index contributed by atoms with van der Waals surface area (Å²) in [5.74, 6) is 2.18. The summed E-state index contributed by atoms with van der Waals surface area (Å²) in [7, 11) is 0. The molecule has 1 amide bonds. The molecule has 144 valence electrons. The zero-order chi connectivity index (χ0) is 19.3. The lowest BCUT2D eigenvalue weighted by Crippen LogP contribution is -2.40. The molecule has 0 N–H and O–H groups in total. The van der Waals surface area contributed by atoms with E-state index in [0.717, 1.165) is 24.0 Å². The van der Waals surface area contributed by atoms with Crippen LogP contribution < -0.4 is 4.74 Å². The van der Waals surface area contributed by atoms with Crippen LogP contribution >= 0.6 is 0 Å². The van der Waals surface area contributed by atoms with Gasteiger partial charge in [-0.05, 0) is 38.0 Å². The number of carbonyl (C=O) groups is 1. The lowest BCUT2D eigenvalue weighted by atomic mass is 9.96. The summed E-state index contributed by atoms with van der Waals surface area (Å²) in [4.78, 5) is 18.8. The SMILES string of the molecule is Cc1cccc(-c2noc(C3CCN(C(=O)COc4ccccc4)CC3)n2)c1. The van der Waals surface area contributed by atoms with E-state index in [0.29, 0.717) is 30.6 Å². The van der Waals surface area contributed by atoms with Gasteiger partial charge in [-0.15, -0.1) is 0 Å². The monoisotopic (exact) mass is 377 g/mol. The Labute approximate surface area is 164 Å². The molecule has 0 atom stereocenters. The molecule has 0 saturated carbocycles. The summed E-state index contributed by atoms with van der Waals surface area (Å²) in [6, 6.07) is 17.4. The third kappa shape index (κ3) is 4.22. The van der Waals surface area contributed by atoms with Crippen molar-refractivity contribution in [1.29, 1.82) is 0 Å². The third-order valence-corrected chi connectivity index (χ3v) is 5.02. The van der Waals surface area contributed by atoms with Gasteiger partial charge in [0.1, 0.15) is 5.75 Å². The first-order chi connectivity index (χ1) is 13.7. The van der Waals surface area contributed by atoms with Gasteiger partial charge in [-0.25, -0.2) is 0 Å². The van der Waals surface area contributed by atoms with Crippen LogP contribution in [0, 0.1) is 6.92 Å². The van der Waals surface area contributed by atoms with Crippen molar-refractivity contribution in [2.45, 2.75) is 25.7 Å². The molecule has 1 aliphatic rings. The number of hydrogen-bond donors (Lipinski definition) is 0.